The highest BCUT2D eigenvalue weighted by atomic mass is 16.5. The molecular formula is C9H18N2O. The van der Waals surface area contributed by atoms with Gasteiger partial charge in [0.1, 0.15) is 0 Å². The summed E-state index contributed by atoms with van der Waals surface area (Å²) in [5, 5.41) is 7.36. The molecule has 0 aromatic carbocycles. The fraction of sp³-hybridized carbons (Fsp3) is 0.778. The van der Waals surface area contributed by atoms with Gasteiger partial charge in [-0.15, -0.1) is 0 Å². The molecule has 0 saturated heterocycles. The van der Waals surface area contributed by atoms with E-state index in [2.05, 4.69) is 25.8 Å². The van der Waals surface area contributed by atoms with Crippen molar-refractivity contribution in [2.24, 2.45) is 10.4 Å². The standard InChI is InChI=1S/C9H18N2O/c1-9(2,3)7-11-5-8(10)6-12-4/h7,10H,5-6H2,1-4H3. The lowest BCUT2D eigenvalue weighted by Crippen LogP contribution is -2.12. The third-order valence-corrected chi connectivity index (χ3v) is 1.08. The van der Waals surface area contributed by atoms with Crippen LogP contribution in [0.3, 0.4) is 0 Å². The van der Waals surface area contributed by atoms with Gasteiger partial charge in [-0.05, 0) is 5.41 Å². The molecule has 0 rings (SSSR count). The van der Waals surface area contributed by atoms with Crippen LogP contribution in [0.25, 0.3) is 0 Å². The second-order valence-corrected chi connectivity index (χ2v) is 3.87. The van der Waals surface area contributed by atoms with Crippen LogP contribution in [-0.2, 0) is 4.74 Å². The molecule has 0 heterocycles. The van der Waals surface area contributed by atoms with Crippen molar-refractivity contribution < 1.29 is 4.74 Å². The fourth-order valence-electron chi connectivity index (χ4n) is 0.650. The molecule has 0 atom stereocenters. The fourth-order valence-corrected chi connectivity index (χ4v) is 0.650. The summed E-state index contributed by atoms with van der Waals surface area (Å²) >= 11 is 0. The van der Waals surface area contributed by atoms with Gasteiger partial charge in [0.2, 0.25) is 0 Å². The lowest BCUT2D eigenvalue weighted by molar-refractivity contribution is 0.244. The molecule has 1 N–H and O–H groups in total. The third-order valence-electron chi connectivity index (χ3n) is 1.08. The molecule has 3 heteroatoms. The smallest absolute Gasteiger partial charge is 0.0856 e. The maximum atomic E-state index is 7.36. The molecule has 0 aliphatic carbocycles. The van der Waals surface area contributed by atoms with E-state index in [1.807, 2.05) is 6.21 Å². The second-order valence-electron chi connectivity index (χ2n) is 3.87. The van der Waals surface area contributed by atoms with Crippen LogP contribution in [0.4, 0.5) is 0 Å². The molecule has 0 saturated carbocycles. The minimum atomic E-state index is 0.105. The highest BCUT2D eigenvalue weighted by Gasteiger charge is 2.04. The highest BCUT2D eigenvalue weighted by Crippen LogP contribution is 2.07. The average molecular weight is 170 g/mol. The Morgan fingerprint density at radius 2 is 2.08 bits per heavy atom. The van der Waals surface area contributed by atoms with Crippen LogP contribution in [0.5, 0.6) is 0 Å². The van der Waals surface area contributed by atoms with Gasteiger partial charge in [-0.1, -0.05) is 20.8 Å². The highest BCUT2D eigenvalue weighted by molar-refractivity contribution is 5.85. The maximum Gasteiger partial charge on any atom is 0.0856 e. The molecule has 12 heavy (non-hydrogen) atoms. The predicted molar refractivity (Wildman–Crippen MR) is 52.4 cm³/mol. The summed E-state index contributed by atoms with van der Waals surface area (Å²) in [6.45, 7) is 7.07. The summed E-state index contributed by atoms with van der Waals surface area (Å²) < 4.78 is 4.79. The first-order valence-corrected chi connectivity index (χ1v) is 4.02. The zero-order valence-corrected chi connectivity index (χ0v) is 8.35. The van der Waals surface area contributed by atoms with Crippen molar-refractivity contribution in [1.82, 2.24) is 0 Å². The summed E-state index contributed by atoms with van der Waals surface area (Å²) in [5.74, 6) is 0. The van der Waals surface area contributed by atoms with Crippen molar-refractivity contribution in [3.8, 4) is 0 Å². The number of hydrogen-bond acceptors (Lipinski definition) is 3. The van der Waals surface area contributed by atoms with E-state index >= 15 is 0 Å². The summed E-state index contributed by atoms with van der Waals surface area (Å²) in [5.41, 5.74) is 0.617. The molecule has 0 fully saturated rings. The van der Waals surface area contributed by atoms with E-state index in [0.717, 1.165) is 0 Å². The summed E-state index contributed by atoms with van der Waals surface area (Å²) in [4.78, 5) is 4.13. The van der Waals surface area contributed by atoms with Gasteiger partial charge in [0, 0.05) is 13.3 Å². The number of methoxy groups -OCH3 is 1. The Bertz CT molecular complexity index is 168. The molecule has 0 aromatic rings. The van der Waals surface area contributed by atoms with Gasteiger partial charge < -0.3 is 10.1 Å². The van der Waals surface area contributed by atoms with Crippen molar-refractivity contribution in [3.63, 3.8) is 0 Å². The van der Waals surface area contributed by atoms with E-state index in [1.165, 1.54) is 0 Å². The van der Waals surface area contributed by atoms with E-state index in [4.69, 9.17) is 10.1 Å². The van der Waals surface area contributed by atoms with E-state index in [0.29, 0.717) is 18.9 Å². The Morgan fingerprint density at radius 1 is 1.50 bits per heavy atom. The first kappa shape index (κ1) is 11.3. The summed E-state index contributed by atoms with van der Waals surface area (Å²) in [7, 11) is 1.59. The van der Waals surface area contributed by atoms with Crippen molar-refractivity contribution >= 4 is 11.9 Å². The second kappa shape index (κ2) is 5.04. The molecule has 0 unspecified atom stereocenters. The SMILES string of the molecule is COCC(=N)CN=CC(C)(C)C. The normalized spacial score (nSPS) is 12.3. The van der Waals surface area contributed by atoms with E-state index in [-0.39, 0.29) is 5.41 Å². The van der Waals surface area contributed by atoms with Gasteiger partial charge in [0.25, 0.3) is 0 Å². The largest absolute Gasteiger partial charge is 0.379 e. The Kier molecular flexibility index (Phi) is 4.74. The Balaban J connectivity index is 3.68. The maximum absolute atomic E-state index is 7.36. The van der Waals surface area contributed by atoms with Crippen molar-refractivity contribution in [3.05, 3.63) is 0 Å². The number of ether oxygens (including phenoxy) is 1. The number of nitrogens with one attached hydrogen (secondary N) is 1. The van der Waals surface area contributed by atoms with Gasteiger partial charge in [0.15, 0.2) is 0 Å². The molecule has 0 spiro atoms. The van der Waals surface area contributed by atoms with E-state index in [1.54, 1.807) is 7.11 Å². The number of nitrogens with zero attached hydrogens (tertiary/aromatic N) is 1. The number of aliphatic imine (C=N–C) groups is 1. The molecule has 0 bridgehead atoms. The van der Waals surface area contributed by atoms with Crippen LogP contribution in [0.15, 0.2) is 4.99 Å². The van der Waals surface area contributed by atoms with E-state index < -0.39 is 0 Å². The lowest BCUT2D eigenvalue weighted by atomic mass is 9.99. The Labute approximate surface area is 74.4 Å². The molecule has 0 aromatic heterocycles. The van der Waals surface area contributed by atoms with Crippen LogP contribution < -0.4 is 0 Å². The van der Waals surface area contributed by atoms with Gasteiger partial charge in [-0.3, -0.25) is 4.99 Å². The summed E-state index contributed by atoms with van der Waals surface area (Å²) in [6.07, 6.45) is 1.87. The molecule has 70 valence electrons. The Morgan fingerprint density at radius 3 is 2.50 bits per heavy atom. The molecule has 0 amide bonds. The Hall–Kier alpha value is -0.700. The molecule has 0 aliphatic heterocycles. The zero-order chi connectivity index (χ0) is 9.61. The topological polar surface area (TPSA) is 45.4 Å². The van der Waals surface area contributed by atoms with E-state index in [9.17, 15) is 0 Å². The predicted octanol–water partition coefficient (Wildman–Crippen LogP) is 1.77. The number of rotatable bonds is 4. The third kappa shape index (κ3) is 7.41. The van der Waals surface area contributed by atoms with Crippen molar-refractivity contribution in [2.75, 3.05) is 20.3 Å². The van der Waals surface area contributed by atoms with Crippen LogP contribution in [0.2, 0.25) is 0 Å². The monoisotopic (exact) mass is 170 g/mol. The average Bonchev–Trinajstić information content (AvgIpc) is 1.84. The first-order chi connectivity index (χ1) is 5.45. The van der Waals surface area contributed by atoms with Gasteiger partial charge in [-0.2, -0.15) is 0 Å². The molecule has 0 radical (unpaired) electrons. The molecular weight excluding hydrogens is 152 g/mol. The van der Waals surface area contributed by atoms with Gasteiger partial charge >= 0.3 is 0 Å². The van der Waals surface area contributed by atoms with Crippen LogP contribution >= 0.6 is 0 Å². The quantitative estimate of drug-likeness (QED) is 0.642. The minimum Gasteiger partial charge on any atom is -0.379 e. The van der Waals surface area contributed by atoms with Crippen LogP contribution in [0.1, 0.15) is 20.8 Å². The summed E-state index contributed by atoms with van der Waals surface area (Å²) in [6, 6.07) is 0. The zero-order valence-electron chi connectivity index (χ0n) is 8.35. The van der Waals surface area contributed by atoms with Gasteiger partial charge in [-0.25, -0.2) is 0 Å². The molecule has 3 nitrogen and oxygen atoms in total. The van der Waals surface area contributed by atoms with Crippen molar-refractivity contribution in [1.29, 1.82) is 5.41 Å². The van der Waals surface area contributed by atoms with Gasteiger partial charge in [0.05, 0.1) is 18.9 Å². The molecule has 0 aliphatic rings. The lowest BCUT2D eigenvalue weighted by Gasteiger charge is -2.09. The van der Waals surface area contributed by atoms with Crippen molar-refractivity contribution in [2.45, 2.75) is 20.8 Å². The first-order valence-electron chi connectivity index (χ1n) is 4.02. The van der Waals surface area contributed by atoms with Crippen LogP contribution in [0, 0.1) is 10.8 Å². The van der Waals surface area contributed by atoms with Crippen LogP contribution in [-0.4, -0.2) is 32.2 Å². The minimum absolute atomic E-state index is 0.105. The number of hydrogen-bond donors (Lipinski definition) is 1.